The Morgan fingerprint density at radius 1 is 1.13 bits per heavy atom. The Balaban J connectivity index is 1.43. The van der Waals surface area contributed by atoms with Crippen molar-refractivity contribution in [2.45, 2.75) is 51.1 Å². The molecule has 4 rings (SSSR count). The minimum absolute atomic E-state index is 0.0183. The van der Waals surface area contributed by atoms with Crippen molar-refractivity contribution in [3.63, 3.8) is 0 Å². The van der Waals surface area contributed by atoms with E-state index in [-0.39, 0.29) is 18.4 Å². The van der Waals surface area contributed by atoms with Crippen LogP contribution in [-0.4, -0.2) is 72.0 Å². The first-order valence-corrected chi connectivity index (χ1v) is 10.9. The number of aromatic nitrogens is 2. The molecule has 3 heterocycles. The first-order valence-electron chi connectivity index (χ1n) is 10.9. The van der Waals surface area contributed by atoms with Crippen LogP contribution in [0.4, 0.5) is 5.82 Å². The van der Waals surface area contributed by atoms with Crippen LogP contribution in [0.3, 0.4) is 0 Å². The highest BCUT2D eigenvalue weighted by Gasteiger charge is 2.26. The molecule has 9 nitrogen and oxygen atoms in total. The molecule has 1 aliphatic carbocycles. The van der Waals surface area contributed by atoms with Gasteiger partial charge in [0.1, 0.15) is 24.6 Å². The second-order valence-corrected chi connectivity index (χ2v) is 8.35. The molecule has 4 N–H and O–H groups in total. The van der Waals surface area contributed by atoms with Crippen LogP contribution in [0.5, 0.6) is 0 Å². The summed E-state index contributed by atoms with van der Waals surface area (Å²) in [5.41, 5.74) is 15.2. The zero-order valence-electron chi connectivity index (χ0n) is 18.3. The summed E-state index contributed by atoms with van der Waals surface area (Å²) in [5, 5.41) is 0. The molecule has 1 fully saturated rings. The summed E-state index contributed by atoms with van der Waals surface area (Å²) >= 11 is 0. The normalized spacial score (nSPS) is 25.5. The molecule has 3 unspecified atom stereocenters. The molecule has 3 aliphatic rings. The number of nitrogens with zero attached hydrogens (tertiary/aromatic N) is 6. The molecule has 1 saturated heterocycles. The molecule has 0 amide bonds. The highest BCUT2D eigenvalue weighted by atomic mass is 16.5. The van der Waals surface area contributed by atoms with E-state index in [0.29, 0.717) is 5.70 Å². The van der Waals surface area contributed by atoms with Gasteiger partial charge >= 0.3 is 0 Å². The maximum absolute atomic E-state index is 6.58. The number of rotatable bonds is 6. The predicted molar refractivity (Wildman–Crippen MR) is 123 cm³/mol. The van der Waals surface area contributed by atoms with Crippen molar-refractivity contribution < 1.29 is 4.74 Å². The monoisotopic (exact) mass is 424 g/mol. The molecule has 3 atom stereocenters. The van der Waals surface area contributed by atoms with Gasteiger partial charge < -0.3 is 21.1 Å². The standard InChI is InChI=1S/C22H32N8O/c1-15(2)31-16-3-4-18(23)17(11-16)22(24)19-12-21(28-14-26-19)30-9-7-29(8-10-30)20-5-6-25-13-27-20/h4,6,11-16,20,22H,3,5,7-10,23-24H2,1-2H3. The maximum atomic E-state index is 6.58. The highest BCUT2D eigenvalue weighted by Crippen LogP contribution is 2.29. The fraction of sp³-hybridized carbons (Fsp3) is 0.545. The smallest absolute Gasteiger partial charge is 0.132 e. The van der Waals surface area contributed by atoms with Crippen LogP contribution in [-0.2, 0) is 4.74 Å². The molecule has 1 aromatic rings. The van der Waals surface area contributed by atoms with Crippen molar-refractivity contribution in [3.8, 4) is 0 Å². The van der Waals surface area contributed by atoms with E-state index in [0.717, 1.165) is 56.1 Å². The Morgan fingerprint density at radius 2 is 1.94 bits per heavy atom. The lowest BCUT2D eigenvalue weighted by atomic mass is 9.94. The SMILES string of the molecule is CC(C)OC1C=C(C(N)c2cc(N3CCN(C4CC=NC=N4)CC3)ncn2)C(N)=CC1. The van der Waals surface area contributed by atoms with Gasteiger partial charge in [0.25, 0.3) is 0 Å². The first-order chi connectivity index (χ1) is 15.0. The lowest BCUT2D eigenvalue weighted by Gasteiger charge is -2.38. The summed E-state index contributed by atoms with van der Waals surface area (Å²) in [6, 6.07) is 1.56. The lowest BCUT2D eigenvalue weighted by molar-refractivity contribution is 0.0359. The topological polar surface area (TPSA) is 118 Å². The average molecular weight is 425 g/mol. The number of ether oxygens (including phenoxy) is 1. The van der Waals surface area contributed by atoms with Gasteiger partial charge in [0.15, 0.2) is 0 Å². The summed E-state index contributed by atoms with van der Waals surface area (Å²) in [6.45, 7) is 7.67. The van der Waals surface area contributed by atoms with E-state index < -0.39 is 6.04 Å². The van der Waals surface area contributed by atoms with E-state index in [1.54, 1.807) is 12.7 Å². The molecule has 9 heteroatoms. The molecule has 0 radical (unpaired) electrons. The van der Waals surface area contributed by atoms with Gasteiger partial charge in [-0.2, -0.15) is 0 Å². The van der Waals surface area contributed by atoms with Gasteiger partial charge in [0.2, 0.25) is 0 Å². The molecule has 2 aliphatic heterocycles. The van der Waals surface area contributed by atoms with Crippen molar-refractivity contribution in [1.82, 2.24) is 14.9 Å². The minimum atomic E-state index is -0.422. The fourth-order valence-corrected chi connectivity index (χ4v) is 4.19. The Hall–Kier alpha value is -2.62. The second kappa shape index (κ2) is 9.67. The van der Waals surface area contributed by atoms with Gasteiger partial charge in [-0.25, -0.2) is 15.0 Å². The Labute approximate surface area is 183 Å². The van der Waals surface area contributed by atoms with Crippen LogP contribution in [0.2, 0.25) is 0 Å². The molecule has 0 aromatic carbocycles. The largest absolute Gasteiger partial charge is 0.399 e. The predicted octanol–water partition coefficient (Wildman–Crippen LogP) is 1.39. The number of nitrogens with two attached hydrogens (primary N) is 2. The highest BCUT2D eigenvalue weighted by molar-refractivity contribution is 5.75. The maximum Gasteiger partial charge on any atom is 0.132 e. The van der Waals surface area contributed by atoms with Crippen molar-refractivity contribution in [1.29, 1.82) is 0 Å². The molecule has 0 saturated carbocycles. The van der Waals surface area contributed by atoms with E-state index in [1.165, 1.54) is 0 Å². The fourth-order valence-electron chi connectivity index (χ4n) is 4.19. The Morgan fingerprint density at radius 3 is 2.65 bits per heavy atom. The van der Waals surface area contributed by atoms with Crippen LogP contribution in [0, 0.1) is 0 Å². The molecular formula is C22H32N8O. The number of piperazine rings is 1. The summed E-state index contributed by atoms with van der Waals surface area (Å²) < 4.78 is 5.94. The first kappa shape index (κ1) is 21.6. The van der Waals surface area contributed by atoms with Gasteiger partial charge in [-0.05, 0) is 31.9 Å². The number of anilines is 1. The van der Waals surface area contributed by atoms with Crippen LogP contribution in [0.1, 0.15) is 38.4 Å². The third kappa shape index (κ3) is 5.17. The molecular weight excluding hydrogens is 392 g/mol. The number of hydrogen-bond donors (Lipinski definition) is 2. The van der Waals surface area contributed by atoms with Crippen LogP contribution in [0.25, 0.3) is 0 Å². The van der Waals surface area contributed by atoms with Gasteiger partial charge in [0.05, 0.1) is 23.9 Å². The zero-order valence-corrected chi connectivity index (χ0v) is 18.3. The average Bonchev–Trinajstić information content (AvgIpc) is 2.80. The second-order valence-electron chi connectivity index (χ2n) is 8.35. The molecule has 0 spiro atoms. The van der Waals surface area contributed by atoms with Crippen molar-refractivity contribution in [2.24, 2.45) is 21.5 Å². The molecule has 1 aromatic heterocycles. The Kier molecular flexibility index (Phi) is 6.74. The van der Waals surface area contributed by atoms with Crippen molar-refractivity contribution >= 4 is 18.4 Å². The quantitative estimate of drug-likeness (QED) is 0.708. The van der Waals surface area contributed by atoms with Gasteiger partial charge in [0, 0.05) is 50.6 Å². The van der Waals surface area contributed by atoms with Gasteiger partial charge in [-0.15, -0.1) is 0 Å². The zero-order chi connectivity index (χ0) is 21.8. The van der Waals surface area contributed by atoms with E-state index >= 15 is 0 Å². The molecule has 31 heavy (non-hydrogen) atoms. The lowest BCUT2D eigenvalue weighted by Crippen LogP contribution is -2.50. The van der Waals surface area contributed by atoms with Crippen molar-refractivity contribution in [2.75, 3.05) is 31.1 Å². The van der Waals surface area contributed by atoms with Crippen molar-refractivity contribution in [3.05, 3.63) is 41.5 Å². The number of hydrogen-bond acceptors (Lipinski definition) is 9. The van der Waals surface area contributed by atoms with Crippen LogP contribution < -0.4 is 16.4 Å². The number of aliphatic imine (C=N–C) groups is 2. The van der Waals surface area contributed by atoms with E-state index in [1.807, 2.05) is 38.3 Å². The summed E-state index contributed by atoms with van der Waals surface area (Å²) in [7, 11) is 0. The van der Waals surface area contributed by atoms with E-state index in [4.69, 9.17) is 16.2 Å². The summed E-state index contributed by atoms with van der Waals surface area (Å²) in [4.78, 5) is 22.2. The minimum Gasteiger partial charge on any atom is -0.399 e. The molecule has 0 bridgehead atoms. The van der Waals surface area contributed by atoms with Gasteiger partial charge in [-0.1, -0.05) is 6.08 Å². The van der Waals surface area contributed by atoms with Gasteiger partial charge in [-0.3, -0.25) is 9.89 Å². The third-order valence-corrected chi connectivity index (χ3v) is 5.83. The summed E-state index contributed by atoms with van der Waals surface area (Å²) in [5.74, 6) is 0.891. The van der Waals surface area contributed by atoms with Crippen LogP contribution in [0.15, 0.2) is 45.8 Å². The Bertz CT molecular complexity index is 885. The van der Waals surface area contributed by atoms with E-state index in [9.17, 15) is 0 Å². The third-order valence-electron chi connectivity index (χ3n) is 5.83. The summed E-state index contributed by atoms with van der Waals surface area (Å²) in [6.07, 6.45) is 11.1. The van der Waals surface area contributed by atoms with E-state index in [2.05, 4.69) is 29.8 Å². The van der Waals surface area contributed by atoms with Crippen LogP contribution >= 0.6 is 0 Å². The molecule has 166 valence electrons.